The highest BCUT2D eigenvalue weighted by molar-refractivity contribution is 9.11. The molecule has 0 aromatic heterocycles. The molecular weight excluding hydrogens is 595 g/mol. The van der Waals surface area contributed by atoms with Crippen molar-refractivity contribution < 1.29 is 9.53 Å². The van der Waals surface area contributed by atoms with Gasteiger partial charge in [0, 0.05) is 14.6 Å². The molecule has 0 heterocycles. The highest BCUT2D eigenvalue weighted by Gasteiger charge is 2.11. The van der Waals surface area contributed by atoms with E-state index in [1.54, 1.807) is 18.2 Å². The molecule has 0 spiro atoms. The third kappa shape index (κ3) is 5.45. The van der Waals surface area contributed by atoms with Crippen LogP contribution in [0.2, 0.25) is 5.02 Å². The minimum atomic E-state index is -0.372. The van der Waals surface area contributed by atoms with Crippen LogP contribution in [-0.2, 0) is 4.79 Å². The molecule has 9 heteroatoms. The molecule has 0 atom stereocenters. The van der Waals surface area contributed by atoms with Gasteiger partial charge in [-0.3, -0.25) is 10.1 Å². The Morgan fingerprint density at radius 3 is 2.61 bits per heavy atom. The molecular formula is C19H12Br3ClN2O2S. The summed E-state index contributed by atoms with van der Waals surface area (Å²) in [6.07, 6.45) is 0. The van der Waals surface area contributed by atoms with Gasteiger partial charge in [-0.05, 0) is 91.2 Å². The van der Waals surface area contributed by atoms with Gasteiger partial charge in [0.05, 0.1) is 9.50 Å². The van der Waals surface area contributed by atoms with Crippen LogP contribution < -0.4 is 15.4 Å². The normalized spacial score (nSPS) is 10.6. The Morgan fingerprint density at radius 1 is 1.07 bits per heavy atom. The fraction of sp³-hybridized carbons (Fsp3) is 0.0526. The second kappa shape index (κ2) is 9.54. The molecule has 0 fully saturated rings. The molecule has 0 aliphatic carbocycles. The van der Waals surface area contributed by atoms with Crippen molar-refractivity contribution in [1.82, 2.24) is 5.32 Å². The second-order valence-corrected chi connectivity index (χ2v) is 9.04. The Bertz CT molecular complexity index is 1080. The van der Waals surface area contributed by atoms with Crippen molar-refractivity contribution in [1.29, 1.82) is 0 Å². The first-order valence-electron chi connectivity index (χ1n) is 7.90. The topological polar surface area (TPSA) is 50.4 Å². The summed E-state index contributed by atoms with van der Waals surface area (Å²) < 4.78 is 8.19. The fourth-order valence-corrected chi connectivity index (χ4v) is 4.04. The first-order chi connectivity index (χ1) is 13.3. The van der Waals surface area contributed by atoms with Gasteiger partial charge in [0.15, 0.2) is 11.7 Å². The van der Waals surface area contributed by atoms with E-state index in [1.165, 1.54) is 0 Å². The molecule has 2 N–H and O–H groups in total. The highest BCUT2D eigenvalue weighted by atomic mass is 79.9. The number of hydrogen-bond acceptors (Lipinski definition) is 3. The number of fused-ring (bicyclic) bond motifs is 1. The van der Waals surface area contributed by atoms with E-state index in [0.717, 1.165) is 24.2 Å². The lowest BCUT2D eigenvalue weighted by atomic mass is 10.1. The highest BCUT2D eigenvalue weighted by Crippen LogP contribution is 2.34. The van der Waals surface area contributed by atoms with Crippen LogP contribution in [0.1, 0.15) is 0 Å². The van der Waals surface area contributed by atoms with E-state index >= 15 is 0 Å². The molecule has 3 aromatic carbocycles. The van der Waals surface area contributed by atoms with E-state index in [2.05, 4.69) is 58.4 Å². The molecule has 0 aliphatic heterocycles. The van der Waals surface area contributed by atoms with E-state index in [4.69, 9.17) is 28.6 Å². The molecule has 0 bridgehead atoms. The van der Waals surface area contributed by atoms with E-state index in [-0.39, 0.29) is 17.6 Å². The van der Waals surface area contributed by atoms with Crippen LogP contribution in [0.15, 0.2) is 61.9 Å². The number of anilines is 1. The number of amides is 1. The SMILES string of the molecule is O=C(COc1ccc2cc(Br)ccc2c1Br)NC(=S)Nc1ccc(Br)c(Cl)c1. The molecule has 3 rings (SSSR count). The summed E-state index contributed by atoms with van der Waals surface area (Å²) in [6, 6.07) is 14.9. The fourth-order valence-electron chi connectivity index (χ4n) is 2.40. The zero-order chi connectivity index (χ0) is 20.3. The minimum Gasteiger partial charge on any atom is -0.483 e. The Hall–Kier alpha value is -1.19. The Labute approximate surface area is 197 Å². The van der Waals surface area contributed by atoms with Gasteiger partial charge >= 0.3 is 0 Å². The Kier molecular flexibility index (Phi) is 7.33. The molecule has 144 valence electrons. The predicted molar refractivity (Wildman–Crippen MR) is 128 cm³/mol. The van der Waals surface area contributed by atoms with Crippen molar-refractivity contribution >= 4 is 99.1 Å². The maximum atomic E-state index is 12.1. The van der Waals surface area contributed by atoms with Crippen LogP contribution in [0.25, 0.3) is 10.8 Å². The monoisotopic (exact) mass is 604 g/mol. The summed E-state index contributed by atoms with van der Waals surface area (Å²) in [5, 5.41) is 8.22. The summed E-state index contributed by atoms with van der Waals surface area (Å²) in [7, 11) is 0. The van der Waals surface area contributed by atoms with Crippen LogP contribution in [0, 0.1) is 0 Å². The molecule has 0 aliphatic rings. The van der Waals surface area contributed by atoms with E-state index < -0.39 is 0 Å². The van der Waals surface area contributed by atoms with Crippen LogP contribution in [0.4, 0.5) is 5.69 Å². The standard InChI is InChI=1S/C19H12Br3ClN2O2S/c20-11-2-4-13-10(7-11)1-6-16(18(13)22)27-9-17(26)25-19(28)24-12-3-5-14(21)15(23)8-12/h1-8H,9H2,(H2,24,25,26,28). The average molecular weight is 608 g/mol. The summed E-state index contributed by atoms with van der Waals surface area (Å²) in [5.41, 5.74) is 0.669. The Morgan fingerprint density at radius 2 is 1.86 bits per heavy atom. The molecule has 0 saturated carbocycles. The van der Waals surface area contributed by atoms with Crippen molar-refractivity contribution in [2.45, 2.75) is 0 Å². The van der Waals surface area contributed by atoms with Gasteiger partial charge < -0.3 is 10.1 Å². The predicted octanol–water partition coefficient (Wildman–Crippen LogP) is 6.67. The maximum absolute atomic E-state index is 12.1. The molecule has 0 radical (unpaired) electrons. The van der Waals surface area contributed by atoms with E-state index in [9.17, 15) is 4.79 Å². The minimum absolute atomic E-state index is 0.161. The van der Waals surface area contributed by atoms with Crippen molar-refractivity contribution in [3.05, 3.63) is 67.0 Å². The van der Waals surface area contributed by atoms with Crippen LogP contribution >= 0.6 is 71.6 Å². The zero-order valence-corrected chi connectivity index (χ0v) is 20.4. The lowest BCUT2D eigenvalue weighted by Gasteiger charge is -2.12. The number of rotatable bonds is 4. The van der Waals surface area contributed by atoms with Crippen LogP contribution in [0.3, 0.4) is 0 Å². The third-order valence-corrected chi connectivity index (χ3v) is 6.42. The Balaban J connectivity index is 1.58. The number of hydrogen-bond donors (Lipinski definition) is 2. The van der Waals surface area contributed by atoms with Gasteiger partial charge in [-0.1, -0.05) is 39.7 Å². The van der Waals surface area contributed by atoms with E-state index in [1.807, 2.05) is 30.3 Å². The largest absolute Gasteiger partial charge is 0.483 e. The van der Waals surface area contributed by atoms with Crippen molar-refractivity contribution in [3.63, 3.8) is 0 Å². The quantitative estimate of drug-likeness (QED) is 0.326. The lowest BCUT2D eigenvalue weighted by molar-refractivity contribution is -0.121. The number of halogens is 4. The average Bonchev–Trinajstić information content (AvgIpc) is 2.64. The number of benzene rings is 3. The molecule has 1 amide bonds. The molecule has 28 heavy (non-hydrogen) atoms. The van der Waals surface area contributed by atoms with Gasteiger partial charge in [-0.25, -0.2) is 0 Å². The molecule has 4 nitrogen and oxygen atoms in total. The molecule has 0 saturated heterocycles. The van der Waals surface area contributed by atoms with Crippen molar-refractivity contribution in [3.8, 4) is 5.75 Å². The smallest absolute Gasteiger partial charge is 0.264 e. The van der Waals surface area contributed by atoms with E-state index in [0.29, 0.717) is 16.5 Å². The van der Waals surface area contributed by atoms with Crippen LogP contribution in [-0.4, -0.2) is 17.6 Å². The number of thiocarbonyl (C=S) groups is 1. The molecule has 3 aromatic rings. The summed E-state index contributed by atoms with van der Waals surface area (Å²) in [6.45, 7) is -0.177. The summed E-state index contributed by atoms with van der Waals surface area (Å²) in [4.78, 5) is 12.1. The second-order valence-electron chi connectivity index (χ2n) is 5.66. The maximum Gasteiger partial charge on any atom is 0.264 e. The summed E-state index contributed by atoms with van der Waals surface area (Å²) in [5.74, 6) is 0.201. The zero-order valence-electron chi connectivity index (χ0n) is 14.1. The number of carbonyl (C=O) groups excluding carboxylic acids is 1. The summed E-state index contributed by atoms with van der Waals surface area (Å²) >= 11 is 21.5. The van der Waals surface area contributed by atoms with Gasteiger partial charge in [0.2, 0.25) is 0 Å². The van der Waals surface area contributed by atoms with Crippen molar-refractivity contribution in [2.24, 2.45) is 0 Å². The van der Waals surface area contributed by atoms with Gasteiger partial charge in [0.1, 0.15) is 5.75 Å². The third-order valence-electron chi connectivity index (χ3n) is 3.67. The lowest BCUT2D eigenvalue weighted by Crippen LogP contribution is -2.37. The number of ether oxygens (including phenoxy) is 1. The number of carbonyl (C=O) groups is 1. The van der Waals surface area contributed by atoms with Gasteiger partial charge in [-0.15, -0.1) is 0 Å². The van der Waals surface area contributed by atoms with Gasteiger partial charge in [-0.2, -0.15) is 0 Å². The van der Waals surface area contributed by atoms with Crippen LogP contribution in [0.5, 0.6) is 5.75 Å². The van der Waals surface area contributed by atoms with Gasteiger partial charge in [0.25, 0.3) is 5.91 Å². The first-order valence-corrected chi connectivity index (χ1v) is 11.1. The first kappa shape index (κ1) is 21.5. The number of nitrogens with one attached hydrogen (secondary N) is 2. The molecule has 0 unspecified atom stereocenters. The van der Waals surface area contributed by atoms with Crippen molar-refractivity contribution in [2.75, 3.05) is 11.9 Å².